The summed E-state index contributed by atoms with van der Waals surface area (Å²) in [5.41, 5.74) is 2.15. The molecule has 1 aromatic heterocycles. The van der Waals surface area contributed by atoms with Gasteiger partial charge in [0, 0.05) is 12.2 Å². The lowest BCUT2D eigenvalue weighted by Crippen LogP contribution is -2.28. The number of hydrogen-bond donors (Lipinski definition) is 1. The second-order valence-corrected chi connectivity index (χ2v) is 3.40. The van der Waals surface area contributed by atoms with Gasteiger partial charge in [-0.15, -0.1) is 0 Å². The van der Waals surface area contributed by atoms with E-state index in [-0.39, 0.29) is 0 Å². The Balaban J connectivity index is 2.31. The first-order valence-electron chi connectivity index (χ1n) is 4.50. The highest BCUT2D eigenvalue weighted by molar-refractivity contribution is 5.99. The molecule has 0 fully saturated rings. The number of aromatic nitrogens is 1. The van der Waals surface area contributed by atoms with Gasteiger partial charge < -0.3 is 5.32 Å². The van der Waals surface area contributed by atoms with Crippen molar-refractivity contribution >= 4 is 5.84 Å². The van der Waals surface area contributed by atoms with Crippen LogP contribution in [0, 0.1) is 6.92 Å². The van der Waals surface area contributed by atoms with Crippen LogP contribution in [0.2, 0.25) is 0 Å². The van der Waals surface area contributed by atoms with E-state index in [2.05, 4.69) is 35.2 Å². The minimum absolute atomic E-state index is 0.441. The molecular formula is C10H13N3. The van der Waals surface area contributed by atoms with Crippen LogP contribution in [0.3, 0.4) is 0 Å². The molecule has 0 bridgehead atoms. The standard InChI is InChI=1S/C10H13N3/c1-7-4-3-5-11-9(7)10-12-6-8(2)13-10/h3-5,8H,6H2,1-2H3,(H,12,13). The number of hydrogen-bond acceptors (Lipinski definition) is 3. The predicted octanol–water partition coefficient (Wildman–Crippen LogP) is 1.13. The first kappa shape index (κ1) is 8.23. The number of rotatable bonds is 1. The van der Waals surface area contributed by atoms with E-state index in [0.717, 1.165) is 18.1 Å². The molecular weight excluding hydrogens is 162 g/mol. The summed E-state index contributed by atoms with van der Waals surface area (Å²) in [4.78, 5) is 8.69. The molecule has 0 saturated carbocycles. The van der Waals surface area contributed by atoms with Crippen molar-refractivity contribution in [3.8, 4) is 0 Å². The van der Waals surface area contributed by atoms with Crippen molar-refractivity contribution in [2.45, 2.75) is 19.9 Å². The molecule has 0 spiro atoms. The highest BCUT2D eigenvalue weighted by Crippen LogP contribution is 2.07. The van der Waals surface area contributed by atoms with Gasteiger partial charge in [-0.1, -0.05) is 6.07 Å². The zero-order chi connectivity index (χ0) is 9.26. The van der Waals surface area contributed by atoms with Gasteiger partial charge in [0.05, 0.1) is 6.54 Å². The van der Waals surface area contributed by atoms with Crippen molar-refractivity contribution < 1.29 is 0 Å². The summed E-state index contributed by atoms with van der Waals surface area (Å²) < 4.78 is 0. The van der Waals surface area contributed by atoms with E-state index >= 15 is 0 Å². The lowest BCUT2D eigenvalue weighted by Gasteiger charge is -2.06. The van der Waals surface area contributed by atoms with Crippen molar-refractivity contribution in [2.75, 3.05) is 6.54 Å². The van der Waals surface area contributed by atoms with Crippen LogP contribution < -0.4 is 5.32 Å². The van der Waals surface area contributed by atoms with Crippen LogP contribution in [0.4, 0.5) is 0 Å². The molecule has 3 nitrogen and oxygen atoms in total. The Morgan fingerprint density at radius 2 is 2.38 bits per heavy atom. The Morgan fingerprint density at radius 1 is 1.54 bits per heavy atom. The van der Waals surface area contributed by atoms with E-state index in [1.807, 2.05) is 6.07 Å². The molecule has 2 heterocycles. The lowest BCUT2D eigenvalue weighted by molar-refractivity contribution is 0.725. The zero-order valence-electron chi connectivity index (χ0n) is 7.91. The van der Waals surface area contributed by atoms with Gasteiger partial charge in [-0.25, -0.2) is 0 Å². The summed E-state index contributed by atoms with van der Waals surface area (Å²) in [6.07, 6.45) is 1.80. The second kappa shape index (κ2) is 3.17. The quantitative estimate of drug-likeness (QED) is 0.694. The normalized spacial score (nSPS) is 21.1. The summed E-state index contributed by atoms with van der Waals surface area (Å²) in [6, 6.07) is 4.43. The number of pyridine rings is 1. The largest absolute Gasteiger partial charge is 0.364 e. The highest BCUT2D eigenvalue weighted by atomic mass is 15.1. The van der Waals surface area contributed by atoms with Crippen LogP contribution in [-0.2, 0) is 0 Å². The minimum Gasteiger partial charge on any atom is -0.364 e. The minimum atomic E-state index is 0.441. The average molecular weight is 175 g/mol. The lowest BCUT2D eigenvalue weighted by atomic mass is 10.2. The maximum absolute atomic E-state index is 4.39. The van der Waals surface area contributed by atoms with Gasteiger partial charge >= 0.3 is 0 Å². The van der Waals surface area contributed by atoms with E-state index < -0.39 is 0 Å². The SMILES string of the molecule is Cc1cccnc1C1=NCC(C)N1. The van der Waals surface area contributed by atoms with Crippen LogP contribution >= 0.6 is 0 Å². The first-order chi connectivity index (χ1) is 6.27. The molecule has 1 aliphatic rings. The molecule has 0 aromatic carbocycles. The third-order valence-corrected chi connectivity index (χ3v) is 2.14. The van der Waals surface area contributed by atoms with Gasteiger partial charge in [-0.05, 0) is 25.5 Å². The molecule has 1 unspecified atom stereocenters. The molecule has 0 radical (unpaired) electrons. The molecule has 1 atom stereocenters. The average Bonchev–Trinajstić information content (AvgIpc) is 2.53. The zero-order valence-corrected chi connectivity index (χ0v) is 7.91. The summed E-state index contributed by atoms with van der Waals surface area (Å²) in [5, 5.41) is 3.30. The molecule has 1 aromatic rings. The number of nitrogens with zero attached hydrogens (tertiary/aromatic N) is 2. The molecule has 0 saturated heterocycles. The molecule has 68 valence electrons. The van der Waals surface area contributed by atoms with Crippen LogP contribution in [-0.4, -0.2) is 23.4 Å². The highest BCUT2D eigenvalue weighted by Gasteiger charge is 2.16. The smallest absolute Gasteiger partial charge is 0.147 e. The Morgan fingerprint density at radius 3 is 3.00 bits per heavy atom. The number of aryl methyl sites for hydroxylation is 1. The van der Waals surface area contributed by atoms with Crippen molar-refractivity contribution in [2.24, 2.45) is 4.99 Å². The molecule has 1 N–H and O–H groups in total. The number of aliphatic imine (C=N–C) groups is 1. The van der Waals surface area contributed by atoms with Crippen LogP contribution in [0.25, 0.3) is 0 Å². The molecule has 0 aliphatic carbocycles. The van der Waals surface area contributed by atoms with E-state index in [1.54, 1.807) is 6.20 Å². The monoisotopic (exact) mass is 175 g/mol. The van der Waals surface area contributed by atoms with E-state index in [4.69, 9.17) is 0 Å². The van der Waals surface area contributed by atoms with E-state index in [1.165, 1.54) is 5.56 Å². The molecule has 13 heavy (non-hydrogen) atoms. The molecule has 3 heteroatoms. The van der Waals surface area contributed by atoms with Crippen molar-refractivity contribution in [1.82, 2.24) is 10.3 Å². The summed E-state index contributed by atoms with van der Waals surface area (Å²) >= 11 is 0. The maximum atomic E-state index is 4.39. The Kier molecular flexibility index (Phi) is 2.00. The fourth-order valence-corrected chi connectivity index (χ4v) is 1.43. The maximum Gasteiger partial charge on any atom is 0.147 e. The van der Waals surface area contributed by atoms with Crippen molar-refractivity contribution in [3.05, 3.63) is 29.6 Å². The fourth-order valence-electron chi connectivity index (χ4n) is 1.43. The predicted molar refractivity (Wildman–Crippen MR) is 53.0 cm³/mol. The van der Waals surface area contributed by atoms with Crippen molar-refractivity contribution in [1.29, 1.82) is 0 Å². The molecule has 2 rings (SSSR count). The van der Waals surface area contributed by atoms with Gasteiger partial charge in [-0.3, -0.25) is 9.98 Å². The van der Waals surface area contributed by atoms with Crippen molar-refractivity contribution in [3.63, 3.8) is 0 Å². The number of nitrogens with one attached hydrogen (secondary N) is 1. The van der Waals surface area contributed by atoms with Gasteiger partial charge in [0.15, 0.2) is 0 Å². The van der Waals surface area contributed by atoms with E-state index in [0.29, 0.717) is 6.04 Å². The summed E-state index contributed by atoms with van der Waals surface area (Å²) in [5.74, 6) is 0.936. The first-order valence-corrected chi connectivity index (χ1v) is 4.50. The number of amidine groups is 1. The van der Waals surface area contributed by atoms with Gasteiger partial charge in [0.1, 0.15) is 11.5 Å². The van der Waals surface area contributed by atoms with Crippen LogP contribution in [0.15, 0.2) is 23.3 Å². The van der Waals surface area contributed by atoms with Gasteiger partial charge in [0.2, 0.25) is 0 Å². The summed E-state index contributed by atoms with van der Waals surface area (Å²) in [6.45, 7) is 5.02. The van der Waals surface area contributed by atoms with E-state index in [9.17, 15) is 0 Å². The van der Waals surface area contributed by atoms with Crippen LogP contribution in [0.1, 0.15) is 18.2 Å². The molecule has 1 aliphatic heterocycles. The summed E-state index contributed by atoms with van der Waals surface area (Å²) in [7, 11) is 0. The molecule has 0 amide bonds. The van der Waals surface area contributed by atoms with Crippen LogP contribution in [0.5, 0.6) is 0 Å². The topological polar surface area (TPSA) is 37.3 Å². The third-order valence-electron chi connectivity index (χ3n) is 2.14. The Labute approximate surface area is 77.9 Å². The van der Waals surface area contributed by atoms with Gasteiger partial charge in [-0.2, -0.15) is 0 Å². The fraction of sp³-hybridized carbons (Fsp3) is 0.400. The Hall–Kier alpha value is -1.38. The third kappa shape index (κ3) is 1.54. The Bertz CT molecular complexity index is 344. The second-order valence-electron chi connectivity index (χ2n) is 3.40. The van der Waals surface area contributed by atoms with Gasteiger partial charge in [0.25, 0.3) is 0 Å².